The Morgan fingerprint density at radius 1 is 1.17 bits per heavy atom. The molecule has 0 bridgehead atoms. The average Bonchev–Trinajstić information content (AvgIpc) is 2.39. The zero-order valence-corrected chi connectivity index (χ0v) is 12.9. The van der Waals surface area contributed by atoms with Gasteiger partial charge < -0.3 is 4.79 Å². The maximum absolute atomic E-state index is 11.2. The largest absolute Gasteiger partial charge is 0.303 e. The first-order valence-electron chi connectivity index (χ1n) is 6.93. The zero-order valence-electron chi connectivity index (χ0n) is 11.4. The van der Waals surface area contributed by atoms with Gasteiger partial charge >= 0.3 is 0 Å². The molecule has 0 aliphatic carbocycles. The van der Waals surface area contributed by atoms with Crippen molar-refractivity contribution in [3.05, 3.63) is 34.3 Å². The molecule has 2 heteroatoms. The summed E-state index contributed by atoms with van der Waals surface area (Å²) in [6, 6.07) is 8.43. The van der Waals surface area contributed by atoms with Crippen molar-refractivity contribution in [2.24, 2.45) is 5.92 Å². The Labute approximate surface area is 119 Å². The Bertz CT molecular complexity index is 345. The smallest absolute Gasteiger partial charge is 0.123 e. The van der Waals surface area contributed by atoms with Crippen LogP contribution in [0.25, 0.3) is 0 Å². The van der Waals surface area contributed by atoms with Gasteiger partial charge in [0.25, 0.3) is 0 Å². The van der Waals surface area contributed by atoms with E-state index in [0.717, 1.165) is 23.6 Å². The fourth-order valence-electron chi connectivity index (χ4n) is 2.43. The van der Waals surface area contributed by atoms with Crippen molar-refractivity contribution in [3.8, 4) is 0 Å². The predicted molar refractivity (Wildman–Crippen MR) is 80.9 cm³/mol. The number of aldehydes is 1. The van der Waals surface area contributed by atoms with Crippen LogP contribution in [0, 0.1) is 5.92 Å². The highest BCUT2D eigenvalue weighted by molar-refractivity contribution is 9.10. The Morgan fingerprint density at radius 2 is 1.83 bits per heavy atom. The van der Waals surface area contributed by atoms with Crippen molar-refractivity contribution in [2.75, 3.05) is 0 Å². The lowest BCUT2D eigenvalue weighted by Gasteiger charge is -2.22. The molecule has 0 aliphatic heterocycles. The van der Waals surface area contributed by atoms with Gasteiger partial charge in [0, 0.05) is 10.4 Å². The molecule has 0 heterocycles. The van der Waals surface area contributed by atoms with Gasteiger partial charge in [0.05, 0.1) is 0 Å². The van der Waals surface area contributed by atoms with Crippen molar-refractivity contribution >= 4 is 22.2 Å². The van der Waals surface area contributed by atoms with Crippen molar-refractivity contribution in [1.29, 1.82) is 0 Å². The maximum atomic E-state index is 11.2. The average molecular weight is 311 g/mol. The Morgan fingerprint density at radius 3 is 2.33 bits per heavy atom. The number of carbonyl (C=O) groups excluding carboxylic acids is 1. The molecule has 0 saturated heterocycles. The van der Waals surface area contributed by atoms with Crippen LogP contribution in [-0.2, 0) is 4.79 Å². The van der Waals surface area contributed by atoms with E-state index in [0.29, 0.717) is 5.92 Å². The minimum atomic E-state index is 0.156. The zero-order chi connectivity index (χ0) is 13.4. The first kappa shape index (κ1) is 15.4. The van der Waals surface area contributed by atoms with Gasteiger partial charge in [-0.05, 0) is 36.5 Å². The van der Waals surface area contributed by atoms with Crippen LogP contribution in [0.15, 0.2) is 28.7 Å². The molecule has 0 radical (unpaired) electrons. The fraction of sp³-hybridized carbons (Fsp3) is 0.562. The lowest BCUT2D eigenvalue weighted by Crippen LogP contribution is -2.14. The third-order valence-electron chi connectivity index (χ3n) is 3.58. The second kappa shape index (κ2) is 8.47. The Hall–Kier alpha value is -0.630. The summed E-state index contributed by atoms with van der Waals surface area (Å²) in [5.74, 6) is 0.537. The van der Waals surface area contributed by atoms with Crippen molar-refractivity contribution in [2.45, 2.75) is 51.9 Å². The molecule has 1 rings (SSSR count). The molecule has 0 aromatic heterocycles. The molecule has 2 atom stereocenters. The summed E-state index contributed by atoms with van der Waals surface area (Å²) in [6.07, 6.45) is 6.87. The van der Waals surface area contributed by atoms with Gasteiger partial charge in [0.15, 0.2) is 0 Å². The first-order chi connectivity index (χ1) is 8.72. The standard InChI is InChI=1S/C16H23BrO/c1-3-5-6-7-16(13(4-2)12-18)14-8-10-15(17)11-9-14/h8-13,16H,3-7H2,1-2H3. The van der Waals surface area contributed by atoms with E-state index < -0.39 is 0 Å². The van der Waals surface area contributed by atoms with Crippen LogP contribution in [0.1, 0.15) is 57.4 Å². The van der Waals surface area contributed by atoms with Crippen molar-refractivity contribution in [3.63, 3.8) is 0 Å². The molecule has 0 saturated carbocycles. The SMILES string of the molecule is CCCCCC(c1ccc(Br)cc1)C(C=O)CC. The van der Waals surface area contributed by atoms with Crippen molar-refractivity contribution < 1.29 is 4.79 Å². The minimum Gasteiger partial charge on any atom is -0.303 e. The number of hydrogen-bond donors (Lipinski definition) is 0. The number of rotatable bonds is 8. The number of hydrogen-bond acceptors (Lipinski definition) is 1. The maximum Gasteiger partial charge on any atom is 0.123 e. The monoisotopic (exact) mass is 310 g/mol. The number of carbonyl (C=O) groups is 1. The van der Waals surface area contributed by atoms with E-state index in [-0.39, 0.29) is 5.92 Å². The van der Waals surface area contributed by atoms with E-state index in [1.165, 1.54) is 24.8 Å². The fourth-order valence-corrected chi connectivity index (χ4v) is 2.69. The Kier molecular flexibility index (Phi) is 7.26. The molecule has 0 fully saturated rings. The molecule has 0 N–H and O–H groups in total. The lowest BCUT2D eigenvalue weighted by molar-refractivity contribution is -0.111. The summed E-state index contributed by atoms with van der Waals surface area (Å²) in [5.41, 5.74) is 1.30. The highest BCUT2D eigenvalue weighted by Crippen LogP contribution is 2.31. The molecule has 2 unspecified atom stereocenters. The van der Waals surface area contributed by atoms with E-state index in [1.54, 1.807) is 0 Å². The highest BCUT2D eigenvalue weighted by Gasteiger charge is 2.20. The van der Waals surface area contributed by atoms with Gasteiger partial charge in [-0.25, -0.2) is 0 Å². The Balaban J connectivity index is 2.81. The molecule has 1 aromatic carbocycles. The lowest BCUT2D eigenvalue weighted by atomic mass is 9.81. The van der Waals surface area contributed by atoms with E-state index in [4.69, 9.17) is 0 Å². The van der Waals surface area contributed by atoms with E-state index in [1.807, 2.05) is 0 Å². The van der Waals surface area contributed by atoms with Gasteiger partial charge in [0.1, 0.15) is 6.29 Å². The number of unbranched alkanes of at least 4 members (excludes halogenated alkanes) is 2. The van der Waals surface area contributed by atoms with Crippen LogP contribution >= 0.6 is 15.9 Å². The second-order valence-corrected chi connectivity index (χ2v) is 5.78. The minimum absolute atomic E-state index is 0.156. The topological polar surface area (TPSA) is 17.1 Å². The van der Waals surface area contributed by atoms with E-state index in [2.05, 4.69) is 54.0 Å². The molecule has 0 spiro atoms. The van der Waals surface area contributed by atoms with Gasteiger partial charge in [0.2, 0.25) is 0 Å². The van der Waals surface area contributed by atoms with Gasteiger partial charge in [-0.15, -0.1) is 0 Å². The molecule has 1 nitrogen and oxygen atoms in total. The molecular formula is C16H23BrO. The molecular weight excluding hydrogens is 288 g/mol. The third-order valence-corrected chi connectivity index (χ3v) is 4.11. The molecule has 100 valence electrons. The number of benzene rings is 1. The normalized spacial score (nSPS) is 14.2. The third kappa shape index (κ3) is 4.56. The summed E-state index contributed by atoms with van der Waals surface area (Å²) in [6.45, 7) is 4.32. The summed E-state index contributed by atoms with van der Waals surface area (Å²) in [5, 5.41) is 0. The first-order valence-corrected chi connectivity index (χ1v) is 7.73. The second-order valence-electron chi connectivity index (χ2n) is 4.86. The van der Waals surface area contributed by atoms with Gasteiger partial charge in [-0.1, -0.05) is 61.2 Å². The van der Waals surface area contributed by atoms with Gasteiger partial charge in [-0.3, -0.25) is 0 Å². The number of halogens is 1. The highest BCUT2D eigenvalue weighted by atomic mass is 79.9. The molecule has 1 aromatic rings. The predicted octanol–water partition coefficient (Wildman–Crippen LogP) is 5.34. The van der Waals surface area contributed by atoms with E-state index in [9.17, 15) is 4.79 Å². The molecule has 0 amide bonds. The van der Waals surface area contributed by atoms with Crippen LogP contribution in [-0.4, -0.2) is 6.29 Å². The van der Waals surface area contributed by atoms with Crippen LogP contribution in [0.2, 0.25) is 0 Å². The van der Waals surface area contributed by atoms with Crippen LogP contribution in [0.4, 0.5) is 0 Å². The van der Waals surface area contributed by atoms with Gasteiger partial charge in [-0.2, -0.15) is 0 Å². The van der Waals surface area contributed by atoms with Crippen LogP contribution in [0.3, 0.4) is 0 Å². The summed E-state index contributed by atoms with van der Waals surface area (Å²) >= 11 is 3.46. The quantitative estimate of drug-likeness (QED) is 0.468. The van der Waals surface area contributed by atoms with Crippen molar-refractivity contribution in [1.82, 2.24) is 0 Å². The van der Waals surface area contributed by atoms with E-state index >= 15 is 0 Å². The van der Waals surface area contributed by atoms with Crippen LogP contribution in [0.5, 0.6) is 0 Å². The molecule has 18 heavy (non-hydrogen) atoms. The molecule has 0 aliphatic rings. The van der Waals surface area contributed by atoms with Crippen LogP contribution < -0.4 is 0 Å². The summed E-state index contributed by atoms with van der Waals surface area (Å²) in [4.78, 5) is 11.2. The summed E-state index contributed by atoms with van der Waals surface area (Å²) < 4.78 is 1.10. The summed E-state index contributed by atoms with van der Waals surface area (Å²) in [7, 11) is 0.